The van der Waals surface area contributed by atoms with Crippen LogP contribution in [0, 0.1) is 0 Å². The standard InChI is InChI=1S/C33H30O18/c1-2-23(40)47-6-5-46-20-4-3-13(7-16(20)36)29-30(27(43)24-17(37)10-15(35)11-21(24)48-29)51-33-31(28(44)26(42)22(12-34)49-33)50-32(45)14-8-18(38)25(41)19(39)9-14/h3-11,22,26,28,31,33-39,41-42,44H,2,12H2,1H3. The molecular formula is C33H30O18. The number of aliphatic hydroxyl groups is 3. The molecule has 0 bridgehead atoms. The zero-order valence-electron chi connectivity index (χ0n) is 26.2. The van der Waals surface area contributed by atoms with Gasteiger partial charge in [0, 0.05) is 24.1 Å². The van der Waals surface area contributed by atoms with Crippen LogP contribution in [-0.2, 0) is 19.0 Å². The molecule has 5 rings (SSSR count). The zero-order valence-corrected chi connectivity index (χ0v) is 26.2. The van der Waals surface area contributed by atoms with E-state index in [0.717, 1.165) is 42.9 Å². The largest absolute Gasteiger partial charge is 0.508 e. The molecule has 0 radical (unpaired) electrons. The number of aliphatic hydroxyl groups excluding tert-OH is 3. The molecule has 5 unspecified atom stereocenters. The van der Waals surface area contributed by atoms with E-state index in [4.69, 9.17) is 28.1 Å². The molecule has 1 fully saturated rings. The van der Waals surface area contributed by atoms with Gasteiger partial charge in [0.1, 0.15) is 53.3 Å². The van der Waals surface area contributed by atoms with Crippen molar-refractivity contribution in [2.24, 2.45) is 0 Å². The number of hydrogen-bond donors (Lipinski definition) is 9. The Kier molecular flexibility index (Phi) is 10.4. The van der Waals surface area contributed by atoms with Crippen molar-refractivity contribution in [3.05, 3.63) is 70.8 Å². The van der Waals surface area contributed by atoms with Crippen LogP contribution in [-0.4, -0.2) is 95.2 Å². The molecule has 5 atom stereocenters. The Morgan fingerprint density at radius 3 is 2.24 bits per heavy atom. The smallest absolute Gasteiger partial charge is 0.339 e. The van der Waals surface area contributed by atoms with Crippen LogP contribution in [0.5, 0.6) is 46.0 Å². The predicted molar refractivity (Wildman–Crippen MR) is 168 cm³/mol. The number of esters is 2. The number of phenolic OH excluding ortho intramolecular Hbond substituents is 6. The van der Waals surface area contributed by atoms with Crippen molar-refractivity contribution in [1.29, 1.82) is 0 Å². The molecule has 1 aliphatic heterocycles. The highest BCUT2D eigenvalue weighted by Gasteiger charge is 2.49. The lowest BCUT2D eigenvalue weighted by Gasteiger charge is -2.41. The van der Waals surface area contributed by atoms with Crippen molar-refractivity contribution >= 4 is 22.9 Å². The number of rotatable bonds is 10. The number of aromatic hydroxyl groups is 6. The Hall–Kier alpha value is -6.21. The lowest BCUT2D eigenvalue weighted by molar-refractivity contribution is -0.276. The normalized spacial score (nSPS) is 20.3. The van der Waals surface area contributed by atoms with Crippen LogP contribution in [0.15, 0.2) is 64.2 Å². The number of benzene rings is 3. The Labute approximate surface area is 285 Å². The first-order valence-corrected chi connectivity index (χ1v) is 14.9. The quantitative estimate of drug-likeness (QED) is 0.0639. The number of carbonyl (C=O) groups excluding carboxylic acids is 2. The Morgan fingerprint density at radius 2 is 1.59 bits per heavy atom. The molecule has 0 saturated carbocycles. The number of ether oxygens (including phenoxy) is 5. The third-order valence-corrected chi connectivity index (χ3v) is 7.48. The summed E-state index contributed by atoms with van der Waals surface area (Å²) in [6.45, 7) is 0.673. The molecular weight excluding hydrogens is 684 g/mol. The molecule has 9 N–H and O–H groups in total. The average molecular weight is 715 g/mol. The molecule has 0 amide bonds. The SMILES string of the molecule is CCC(=O)OC=COc1ccc(-c2oc3cc(O)cc(O)c3c(=O)c2OC2OC(CO)C(O)C(O)C2OC(=O)c2cc(O)c(O)c(O)c2)cc1O. The first kappa shape index (κ1) is 36.1. The second kappa shape index (κ2) is 14.7. The van der Waals surface area contributed by atoms with Gasteiger partial charge >= 0.3 is 11.9 Å². The van der Waals surface area contributed by atoms with E-state index in [2.05, 4.69) is 0 Å². The predicted octanol–water partition coefficient (Wildman–Crippen LogP) is 1.54. The third-order valence-electron chi connectivity index (χ3n) is 7.48. The Bertz CT molecular complexity index is 2030. The molecule has 270 valence electrons. The summed E-state index contributed by atoms with van der Waals surface area (Å²) in [6.07, 6.45) is -7.56. The van der Waals surface area contributed by atoms with Crippen LogP contribution in [0.2, 0.25) is 0 Å². The molecule has 2 heterocycles. The van der Waals surface area contributed by atoms with Crippen LogP contribution in [0.25, 0.3) is 22.3 Å². The first-order chi connectivity index (χ1) is 24.2. The van der Waals surface area contributed by atoms with Gasteiger partial charge in [-0.2, -0.15) is 0 Å². The average Bonchev–Trinajstić information content (AvgIpc) is 3.09. The second-order valence-corrected chi connectivity index (χ2v) is 10.9. The summed E-state index contributed by atoms with van der Waals surface area (Å²) in [5.41, 5.74) is -2.09. The van der Waals surface area contributed by atoms with Crippen molar-refractivity contribution in [2.45, 2.75) is 44.1 Å². The summed E-state index contributed by atoms with van der Waals surface area (Å²) in [7, 11) is 0. The monoisotopic (exact) mass is 714 g/mol. The highest BCUT2D eigenvalue weighted by Crippen LogP contribution is 2.40. The lowest BCUT2D eigenvalue weighted by Crippen LogP contribution is -2.61. The summed E-state index contributed by atoms with van der Waals surface area (Å²) in [6, 6.07) is 6.82. The van der Waals surface area contributed by atoms with Gasteiger partial charge in [-0.05, 0) is 30.3 Å². The summed E-state index contributed by atoms with van der Waals surface area (Å²) < 4.78 is 32.6. The second-order valence-electron chi connectivity index (χ2n) is 10.9. The van der Waals surface area contributed by atoms with Gasteiger partial charge in [0.15, 0.2) is 40.6 Å². The fourth-order valence-corrected chi connectivity index (χ4v) is 4.92. The van der Waals surface area contributed by atoms with Crippen molar-refractivity contribution in [2.75, 3.05) is 6.61 Å². The van der Waals surface area contributed by atoms with Gasteiger partial charge in [-0.15, -0.1) is 0 Å². The summed E-state index contributed by atoms with van der Waals surface area (Å²) in [5, 5.41) is 91.4. The maximum absolute atomic E-state index is 13.9. The number of hydrogen-bond acceptors (Lipinski definition) is 18. The van der Waals surface area contributed by atoms with E-state index >= 15 is 0 Å². The lowest BCUT2D eigenvalue weighted by atomic mass is 9.99. The Morgan fingerprint density at radius 1 is 0.882 bits per heavy atom. The molecule has 1 saturated heterocycles. The van der Waals surface area contributed by atoms with Gasteiger partial charge in [0.05, 0.1) is 12.2 Å². The number of fused-ring (bicyclic) bond motifs is 1. The minimum absolute atomic E-state index is 0.0863. The maximum Gasteiger partial charge on any atom is 0.339 e. The van der Waals surface area contributed by atoms with Gasteiger partial charge in [-0.25, -0.2) is 4.79 Å². The molecule has 0 spiro atoms. The molecule has 0 aliphatic carbocycles. The van der Waals surface area contributed by atoms with Gasteiger partial charge in [0.2, 0.25) is 17.5 Å². The number of carbonyl (C=O) groups is 2. The van der Waals surface area contributed by atoms with Crippen LogP contribution < -0.4 is 14.9 Å². The van der Waals surface area contributed by atoms with Crippen molar-refractivity contribution in [3.8, 4) is 57.3 Å². The zero-order chi connectivity index (χ0) is 37.1. The highest BCUT2D eigenvalue weighted by molar-refractivity contribution is 5.91. The molecule has 3 aromatic carbocycles. The van der Waals surface area contributed by atoms with Crippen LogP contribution in [0.1, 0.15) is 23.7 Å². The van der Waals surface area contributed by atoms with Gasteiger partial charge < -0.3 is 74.1 Å². The molecule has 1 aliphatic rings. The van der Waals surface area contributed by atoms with E-state index in [1.807, 2.05) is 0 Å². The maximum atomic E-state index is 13.9. The van der Waals surface area contributed by atoms with Crippen molar-refractivity contribution in [3.63, 3.8) is 0 Å². The fourth-order valence-electron chi connectivity index (χ4n) is 4.92. The topological polar surface area (TPSA) is 293 Å². The van der Waals surface area contributed by atoms with Gasteiger partial charge in [0.25, 0.3) is 0 Å². The highest BCUT2D eigenvalue weighted by atomic mass is 16.7. The summed E-state index contributed by atoms with van der Waals surface area (Å²) in [5.74, 6) is -7.85. The van der Waals surface area contributed by atoms with Gasteiger partial charge in [-0.1, -0.05) is 6.92 Å². The van der Waals surface area contributed by atoms with E-state index in [1.54, 1.807) is 6.92 Å². The first-order valence-electron chi connectivity index (χ1n) is 14.9. The Balaban J connectivity index is 1.58. The van der Waals surface area contributed by atoms with E-state index in [0.29, 0.717) is 0 Å². The van der Waals surface area contributed by atoms with Crippen LogP contribution >= 0.6 is 0 Å². The third kappa shape index (κ3) is 7.38. The summed E-state index contributed by atoms with van der Waals surface area (Å²) >= 11 is 0. The molecule has 1 aromatic heterocycles. The minimum Gasteiger partial charge on any atom is -0.508 e. The molecule has 51 heavy (non-hydrogen) atoms. The van der Waals surface area contributed by atoms with E-state index < -0.39 is 112 Å². The number of phenols is 6. The van der Waals surface area contributed by atoms with E-state index in [1.165, 1.54) is 12.1 Å². The van der Waals surface area contributed by atoms with Crippen molar-refractivity contribution in [1.82, 2.24) is 0 Å². The molecule has 18 nitrogen and oxygen atoms in total. The van der Waals surface area contributed by atoms with Crippen LogP contribution in [0.3, 0.4) is 0 Å². The molecule has 4 aromatic rings. The van der Waals surface area contributed by atoms with E-state index in [-0.39, 0.29) is 23.3 Å². The van der Waals surface area contributed by atoms with Crippen molar-refractivity contribution < 1.29 is 83.6 Å². The fraction of sp³-hybridized carbons (Fsp3) is 0.242. The summed E-state index contributed by atoms with van der Waals surface area (Å²) in [4.78, 5) is 38.3. The van der Waals surface area contributed by atoms with Gasteiger partial charge in [-0.3, -0.25) is 9.59 Å². The molecule has 18 heteroatoms. The van der Waals surface area contributed by atoms with Crippen LogP contribution in [0.4, 0.5) is 0 Å². The minimum atomic E-state index is -2.06. The van der Waals surface area contributed by atoms with E-state index in [9.17, 15) is 60.3 Å².